The summed E-state index contributed by atoms with van der Waals surface area (Å²) in [6.45, 7) is 7.76. The van der Waals surface area contributed by atoms with Crippen molar-refractivity contribution in [2.75, 3.05) is 34.2 Å². The van der Waals surface area contributed by atoms with Gasteiger partial charge in [0.15, 0.2) is 40.5 Å². The molecule has 13 rings (SSSR count). The number of aliphatic hydroxyl groups is 2. The number of phenols is 1. The molecule has 4 aliphatic carbocycles. The lowest BCUT2D eigenvalue weighted by molar-refractivity contribution is -0.346. The standard InChI is InChI=1S/C76H74N2O22/c1-38-54(33-76(89)67(99-70(86)44-22-16-11-17-23-44)65-74(6,55(81)32-56-75(65,36-93-56)100-40(3)80)66(83)63(96-39(2)79)59(38)73(76,4)5)97-72(88)64(60(42-18-12-9-13-19-42)78-68(84)43-20-14-10-15-21-43)98-69(85)45-26-24-41(25-27-45)34-77-61-48-31-51-50(94-37-95-51)30-47(48)57(58-49(61)35-92-71(58)87)46-28-52(90-7)62(82)53(29-46)91-8/h9-31,34,49,54-58,60-61,63-65,67,81-82,89H,32-33,35-37H2,1-8H3,(H,78,84)/t49-,54-,55-,56+,57+,58-,60-,61+,63+,64+,65?,67?,74+,75-,76+/m0/s1. The molecule has 24 heteroatoms. The number of nitrogens with zero attached hydrogens (tertiary/aromatic N) is 1. The Morgan fingerprint density at radius 3 is 1.94 bits per heavy atom. The van der Waals surface area contributed by atoms with Crippen molar-refractivity contribution >= 4 is 53.7 Å². The van der Waals surface area contributed by atoms with Crippen molar-refractivity contribution in [1.29, 1.82) is 0 Å². The normalized spacial score (nSPS) is 28.7. The van der Waals surface area contributed by atoms with Crippen molar-refractivity contribution in [2.24, 2.45) is 33.6 Å². The number of aromatic hydroxyl groups is 1. The summed E-state index contributed by atoms with van der Waals surface area (Å²) >= 11 is 0. The van der Waals surface area contributed by atoms with Crippen LogP contribution in [0.3, 0.4) is 0 Å². The highest BCUT2D eigenvalue weighted by atomic mass is 16.7. The second kappa shape index (κ2) is 26.3. The number of ketones is 1. The number of Topliss-reactive ketones (excluding diaryl/α,β-unsaturated/α-hetero) is 1. The third kappa shape index (κ3) is 11.5. The summed E-state index contributed by atoms with van der Waals surface area (Å²) in [6, 6.07) is 34.7. The average Bonchev–Trinajstić information content (AvgIpc) is 0.854. The zero-order valence-electron chi connectivity index (χ0n) is 55.9. The largest absolute Gasteiger partial charge is 0.502 e. The molecule has 1 amide bonds. The zero-order chi connectivity index (χ0) is 70.9. The molecule has 100 heavy (non-hydrogen) atoms. The van der Waals surface area contributed by atoms with E-state index in [9.17, 15) is 39.3 Å². The Kier molecular flexibility index (Phi) is 17.9. The molecule has 2 unspecified atom stereocenters. The van der Waals surface area contributed by atoms with Gasteiger partial charge in [-0.25, -0.2) is 14.4 Å². The maximum absolute atomic E-state index is 16.0. The number of cyclic esters (lactones) is 1. The third-order valence-corrected chi connectivity index (χ3v) is 21.2. The predicted molar refractivity (Wildman–Crippen MR) is 351 cm³/mol. The van der Waals surface area contributed by atoms with E-state index in [0.717, 1.165) is 13.8 Å². The molecule has 2 saturated carbocycles. The van der Waals surface area contributed by atoms with Crippen LogP contribution in [0.1, 0.15) is 131 Å². The number of aliphatic imine (C=N–C) groups is 1. The van der Waals surface area contributed by atoms with Gasteiger partial charge in [-0.1, -0.05) is 92.7 Å². The molecule has 2 saturated heterocycles. The van der Waals surface area contributed by atoms with Crippen LogP contribution < -0.4 is 24.3 Å². The van der Waals surface area contributed by atoms with Crippen LogP contribution in [0.25, 0.3) is 0 Å². The van der Waals surface area contributed by atoms with Gasteiger partial charge in [0, 0.05) is 55.7 Å². The number of fused-ring (bicyclic) bond motifs is 8. The second-order valence-corrected chi connectivity index (χ2v) is 27.0. The number of nitrogens with one attached hydrogen (secondary N) is 1. The minimum atomic E-state index is -2.54. The van der Waals surface area contributed by atoms with Crippen LogP contribution in [0.15, 0.2) is 156 Å². The van der Waals surface area contributed by atoms with Gasteiger partial charge in [-0.3, -0.25) is 29.0 Å². The van der Waals surface area contributed by atoms with E-state index in [-0.39, 0.29) is 77.1 Å². The first-order chi connectivity index (χ1) is 47.8. The van der Waals surface area contributed by atoms with Gasteiger partial charge in [0.1, 0.15) is 30.0 Å². The van der Waals surface area contributed by atoms with Gasteiger partial charge in [-0.15, -0.1) is 0 Å². The summed E-state index contributed by atoms with van der Waals surface area (Å²) < 4.78 is 66.2. The van der Waals surface area contributed by atoms with Crippen LogP contribution in [0.5, 0.6) is 28.7 Å². The van der Waals surface area contributed by atoms with E-state index in [4.69, 9.17) is 57.1 Å². The highest BCUT2D eigenvalue weighted by molar-refractivity contribution is 5.97. The SMILES string of the molecule is COc1cc([C@@H]2c3cc4c(cc3[C@@H](N=Cc3ccc(C(=O)O[C@@H](C(=O)O[C@H]5C[C@@]6(O)C(OC(=O)c7ccccc7)C7[C@](C)(C(=O)[C@H](OC(C)=O)C(=C5C)C6(C)C)[C@@H](O)C[C@H]5OC[C@@]75OC(C)=O)[C@@H](NC(=O)c5ccccc5)c5ccccc5)cc3)[C@H]3COC(=O)[C@H]23)OCO4)cc(OC)c1O. The van der Waals surface area contributed by atoms with Crippen molar-refractivity contribution < 1.29 is 106 Å². The lowest BCUT2D eigenvalue weighted by atomic mass is 9.44. The summed E-state index contributed by atoms with van der Waals surface area (Å²) in [6.07, 6.45) is -9.76. The summed E-state index contributed by atoms with van der Waals surface area (Å²) in [5.41, 5.74) is -5.53. The minimum absolute atomic E-state index is 0.0149. The predicted octanol–water partition coefficient (Wildman–Crippen LogP) is 8.15. The number of phenolic OH excluding ortho intramolecular Hbond substituents is 1. The molecule has 6 aromatic carbocycles. The first-order valence-corrected chi connectivity index (χ1v) is 32.7. The Balaban J connectivity index is 0.876. The average molecular weight is 1370 g/mol. The van der Waals surface area contributed by atoms with Gasteiger partial charge in [-0.05, 0) is 113 Å². The molecule has 0 spiro atoms. The molecule has 0 aromatic heterocycles. The number of esters is 6. The molecule has 15 atom stereocenters. The molecule has 520 valence electrons. The minimum Gasteiger partial charge on any atom is -0.502 e. The maximum atomic E-state index is 16.0. The number of amides is 1. The molecule has 4 fully saturated rings. The van der Waals surface area contributed by atoms with Crippen LogP contribution in [0.2, 0.25) is 0 Å². The monoisotopic (exact) mass is 1370 g/mol. The van der Waals surface area contributed by atoms with Gasteiger partial charge in [0.05, 0.1) is 68.0 Å². The Hall–Kier alpha value is -10.4. The van der Waals surface area contributed by atoms with Crippen LogP contribution in [0, 0.1) is 28.6 Å². The first kappa shape index (κ1) is 68.1. The first-order valence-electron chi connectivity index (χ1n) is 32.7. The van der Waals surface area contributed by atoms with E-state index < -0.39 is 148 Å². The number of hydrogen-bond acceptors (Lipinski definition) is 23. The van der Waals surface area contributed by atoms with Crippen molar-refractivity contribution in [3.63, 3.8) is 0 Å². The number of ether oxygens (including phenoxy) is 11. The fourth-order valence-corrected chi connectivity index (χ4v) is 16.2. The number of carbonyl (C=O) groups excluding carboxylic acids is 8. The molecule has 2 bridgehead atoms. The molecule has 3 aliphatic heterocycles. The Morgan fingerprint density at radius 1 is 0.730 bits per heavy atom. The quantitative estimate of drug-likeness (QED) is 0.0289. The molecule has 6 aromatic rings. The van der Waals surface area contributed by atoms with Crippen molar-refractivity contribution in [3.05, 3.63) is 195 Å². The summed E-state index contributed by atoms with van der Waals surface area (Å²) in [5, 5.41) is 40.4. The van der Waals surface area contributed by atoms with Gasteiger partial charge >= 0.3 is 35.8 Å². The van der Waals surface area contributed by atoms with Gasteiger partial charge < -0.3 is 72.7 Å². The van der Waals surface area contributed by atoms with E-state index >= 15 is 14.4 Å². The Morgan fingerprint density at radius 2 is 1.34 bits per heavy atom. The number of carbonyl (C=O) groups is 8. The number of methoxy groups -OCH3 is 2. The smallest absolute Gasteiger partial charge is 0.350 e. The van der Waals surface area contributed by atoms with E-state index in [1.54, 1.807) is 109 Å². The molecule has 24 nitrogen and oxygen atoms in total. The van der Waals surface area contributed by atoms with Crippen LogP contribution in [-0.2, 0) is 57.1 Å². The lowest BCUT2D eigenvalue weighted by Crippen LogP contribution is -2.82. The van der Waals surface area contributed by atoms with E-state index in [2.05, 4.69) is 5.32 Å². The lowest BCUT2D eigenvalue weighted by Gasteiger charge is -2.67. The fourth-order valence-electron chi connectivity index (χ4n) is 16.2. The van der Waals surface area contributed by atoms with Gasteiger partial charge in [-0.2, -0.15) is 0 Å². The number of aliphatic hydroxyl groups excluding tert-OH is 1. The molecular formula is C76H74N2O22. The maximum Gasteiger partial charge on any atom is 0.350 e. The highest BCUT2D eigenvalue weighted by Gasteiger charge is 2.78. The van der Waals surface area contributed by atoms with E-state index in [1.807, 2.05) is 12.1 Å². The number of benzene rings is 6. The van der Waals surface area contributed by atoms with Crippen LogP contribution in [-0.4, -0.2) is 151 Å². The summed E-state index contributed by atoms with van der Waals surface area (Å²) in [7, 11) is 2.82. The topological polar surface area (TPSA) is 323 Å². The van der Waals surface area contributed by atoms with E-state index in [0.29, 0.717) is 33.8 Å². The van der Waals surface area contributed by atoms with Gasteiger partial charge in [0.2, 0.25) is 18.6 Å². The van der Waals surface area contributed by atoms with Gasteiger partial charge in [0.25, 0.3) is 5.91 Å². The second-order valence-electron chi connectivity index (χ2n) is 27.0. The zero-order valence-corrected chi connectivity index (χ0v) is 55.9. The molecule has 3 heterocycles. The van der Waals surface area contributed by atoms with Crippen molar-refractivity contribution in [3.8, 4) is 28.7 Å². The fraction of sp³-hybridized carbons (Fsp3) is 0.382. The summed E-state index contributed by atoms with van der Waals surface area (Å²) in [4.78, 5) is 122. The van der Waals surface area contributed by atoms with Crippen molar-refractivity contribution in [1.82, 2.24) is 5.32 Å². The van der Waals surface area contributed by atoms with Crippen LogP contribution >= 0.6 is 0 Å². The van der Waals surface area contributed by atoms with Crippen molar-refractivity contribution in [2.45, 2.75) is 120 Å². The number of rotatable bonds is 17. The molecule has 4 N–H and O–H groups in total. The molecule has 0 radical (unpaired) electrons. The summed E-state index contributed by atoms with van der Waals surface area (Å²) in [5.74, 6) is -9.83. The Bertz CT molecular complexity index is 4300. The van der Waals surface area contributed by atoms with E-state index in [1.165, 1.54) is 66.2 Å². The Labute approximate surface area is 574 Å². The molecule has 7 aliphatic rings. The highest BCUT2D eigenvalue weighted by Crippen LogP contribution is 2.65. The third-order valence-electron chi connectivity index (χ3n) is 21.2. The van der Waals surface area contributed by atoms with Crippen LogP contribution in [0.4, 0.5) is 0 Å². The molecular weight excluding hydrogens is 1290 g/mol. The number of hydrogen-bond donors (Lipinski definition) is 4.